The molecule has 5 heteroatoms. The zero-order valence-electron chi connectivity index (χ0n) is 12.6. The van der Waals surface area contributed by atoms with Crippen LogP contribution in [0.25, 0.3) is 0 Å². The Bertz CT molecular complexity index is 446. The molecule has 4 bridgehead atoms. The lowest BCUT2D eigenvalue weighted by atomic mass is 9.83. The van der Waals surface area contributed by atoms with Crippen LogP contribution in [0.15, 0.2) is 0 Å². The van der Waals surface area contributed by atoms with Crippen LogP contribution in [0, 0.1) is 11.8 Å². The molecule has 4 rings (SSSR count). The molecule has 4 saturated carbocycles. The Morgan fingerprint density at radius 3 is 1.71 bits per heavy atom. The second-order valence-corrected chi connectivity index (χ2v) is 8.26. The third kappa shape index (κ3) is 2.00. The molecule has 4 nitrogen and oxygen atoms in total. The number of urea groups is 1. The molecule has 116 valence electrons. The van der Waals surface area contributed by atoms with Crippen LogP contribution < -0.4 is 11.1 Å². The predicted molar refractivity (Wildman–Crippen MR) is 85.8 cm³/mol. The normalized spacial score (nSPS) is 43.2. The van der Waals surface area contributed by atoms with Gasteiger partial charge in [0.25, 0.3) is 0 Å². The van der Waals surface area contributed by atoms with Crippen molar-refractivity contribution in [2.45, 2.75) is 75.3 Å². The molecule has 4 aliphatic carbocycles. The van der Waals surface area contributed by atoms with Crippen molar-refractivity contribution >= 4 is 23.4 Å². The highest BCUT2D eigenvalue weighted by Gasteiger charge is 2.59. The number of amides is 2. The second kappa shape index (κ2) is 4.58. The summed E-state index contributed by atoms with van der Waals surface area (Å²) in [4.78, 5) is 13.8. The molecule has 0 saturated heterocycles. The third-order valence-corrected chi connectivity index (χ3v) is 7.08. The number of carbonyl (C=O) groups is 1. The fourth-order valence-corrected chi connectivity index (χ4v) is 6.53. The van der Waals surface area contributed by atoms with Crippen molar-refractivity contribution in [3.63, 3.8) is 0 Å². The minimum atomic E-state index is -0.516. The molecule has 0 aromatic heterocycles. The summed E-state index contributed by atoms with van der Waals surface area (Å²) in [5.41, 5.74) is 5.78. The minimum Gasteiger partial charge on any atom is -0.351 e. The zero-order chi connectivity index (χ0) is 14.7. The molecule has 0 radical (unpaired) electrons. The SMILES string of the molecule is NC(=O)NC(=S)N(C12CCC(CC1)C2)C12CCC(CC1)C2. The highest BCUT2D eigenvalue weighted by atomic mass is 32.1. The van der Waals surface area contributed by atoms with Gasteiger partial charge in [-0.15, -0.1) is 0 Å². The van der Waals surface area contributed by atoms with Crippen LogP contribution in [0.3, 0.4) is 0 Å². The van der Waals surface area contributed by atoms with E-state index in [-0.39, 0.29) is 11.1 Å². The quantitative estimate of drug-likeness (QED) is 0.771. The lowest BCUT2D eigenvalue weighted by Gasteiger charge is -2.52. The molecule has 0 atom stereocenters. The van der Waals surface area contributed by atoms with Gasteiger partial charge in [0.05, 0.1) is 0 Å². The maximum absolute atomic E-state index is 11.3. The fourth-order valence-electron chi connectivity index (χ4n) is 6.05. The van der Waals surface area contributed by atoms with Crippen LogP contribution in [0.4, 0.5) is 4.79 Å². The third-order valence-electron chi connectivity index (χ3n) is 6.79. The van der Waals surface area contributed by atoms with E-state index in [4.69, 9.17) is 18.0 Å². The second-order valence-electron chi connectivity index (χ2n) is 7.87. The van der Waals surface area contributed by atoms with Crippen molar-refractivity contribution in [3.8, 4) is 0 Å². The van der Waals surface area contributed by atoms with Crippen LogP contribution in [-0.2, 0) is 0 Å². The Hall–Kier alpha value is -0.840. The monoisotopic (exact) mass is 307 g/mol. The predicted octanol–water partition coefficient (Wildman–Crippen LogP) is 2.91. The smallest absolute Gasteiger partial charge is 0.318 e. The molecule has 0 aromatic rings. The van der Waals surface area contributed by atoms with Gasteiger partial charge in [-0.1, -0.05) is 0 Å². The lowest BCUT2D eigenvalue weighted by molar-refractivity contribution is 0.0562. The summed E-state index contributed by atoms with van der Waals surface area (Å²) in [6, 6.07) is -0.516. The molecule has 0 heterocycles. The van der Waals surface area contributed by atoms with E-state index in [1.165, 1.54) is 64.2 Å². The summed E-state index contributed by atoms with van der Waals surface area (Å²) in [6.07, 6.45) is 12.8. The molecule has 21 heavy (non-hydrogen) atoms. The van der Waals surface area contributed by atoms with Crippen molar-refractivity contribution in [1.82, 2.24) is 10.2 Å². The highest BCUT2D eigenvalue weighted by Crippen LogP contribution is 2.59. The largest absolute Gasteiger partial charge is 0.351 e. The summed E-state index contributed by atoms with van der Waals surface area (Å²) in [7, 11) is 0. The van der Waals surface area contributed by atoms with E-state index in [0.29, 0.717) is 5.11 Å². The van der Waals surface area contributed by atoms with Crippen molar-refractivity contribution in [2.75, 3.05) is 0 Å². The first-order valence-electron chi connectivity index (χ1n) is 8.44. The summed E-state index contributed by atoms with van der Waals surface area (Å²) in [5.74, 6) is 1.75. The van der Waals surface area contributed by atoms with Gasteiger partial charge in [0, 0.05) is 11.1 Å². The Balaban J connectivity index is 1.69. The van der Waals surface area contributed by atoms with Gasteiger partial charge in [0.15, 0.2) is 5.11 Å². The van der Waals surface area contributed by atoms with Crippen molar-refractivity contribution in [2.24, 2.45) is 17.6 Å². The number of rotatable bonds is 2. The first-order chi connectivity index (χ1) is 10.0. The van der Waals surface area contributed by atoms with Gasteiger partial charge in [-0.2, -0.15) is 0 Å². The van der Waals surface area contributed by atoms with Gasteiger partial charge in [-0.3, -0.25) is 5.32 Å². The van der Waals surface area contributed by atoms with Crippen LogP contribution in [0.1, 0.15) is 64.2 Å². The number of primary amides is 1. The number of fused-ring (bicyclic) bond motifs is 4. The molecule has 0 aromatic carbocycles. The topological polar surface area (TPSA) is 58.4 Å². The highest BCUT2D eigenvalue weighted by molar-refractivity contribution is 7.80. The molecular weight excluding hydrogens is 282 g/mol. The van der Waals surface area contributed by atoms with Crippen LogP contribution >= 0.6 is 12.2 Å². The van der Waals surface area contributed by atoms with E-state index in [0.717, 1.165) is 11.8 Å². The van der Waals surface area contributed by atoms with E-state index in [2.05, 4.69) is 10.2 Å². The van der Waals surface area contributed by atoms with Gasteiger partial charge >= 0.3 is 6.03 Å². The summed E-state index contributed by atoms with van der Waals surface area (Å²) in [5, 5.41) is 3.35. The average molecular weight is 307 g/mol. The van der Waals surface area contributed by atoms with Crippen LogP contribution in [0.2, 0.25) is 0 Å². The molecule has 0 spiro atoms. The number of thiocarbonyl (C=S) groups is 1. The van der Waals surface area contributed by atoms with E-state index >= 15 is 0 Å². The minimum absolute atomic E-state index is 0.212. The lowest BCUT2D eigenvalue weighted by Crippen LogP contribution is -2.63. The molecule has 0 aliphatic heterocycles. The summed E-state index contributed by atoms with van der Waals surface area (Å²) in [6.45, 7) is 0. The number of nitrogens with one attached hydrogen (secondary N) is 1. The number of hydrogen-bond donors (Lipinski definition) is 2. The number of carbonyl (C=O) groups excluding carboxylic acids is 1. The Morgan fingerprint density at radius 1 is 1.00 bits per heavy atom. The number of nitrogens with zero attached hydrogens (tertiary/aromatic N) is 1. The summed E-state index contributed by atoms with van der Waals surface area (Å²) >= 11 is 5.65. The van der Waals surface area contributed by atoms with Crippen molar-refractivity contribution in [3.05, 3.63) is 0 Å². The van der Waals surface area contributed by atoms with Crippen LogP contribution in [-0.4, -0.2) is 27.1 Å². The number of nitrogens with two attached hydrogens (primary N) is 1. The maximum Gasteiger partial charge on any atom is 0.318 e. The first kappa shape index (κ1) is 13.8. The maximum atomic E-state index is 11.3. The molecule has 2 amide bonds. The van der Waals surface area contributed by atoms with E-state index < -0.39 is 6.03 Å². The molecular formula is C16H25N3OS. The number of hydrogen-bond acceptors (Lipinski definition) is 2. The van der Waals surface area contributed by atoms with Gasteiger partial charge in [0.2, 0.25) is 0 Å². The molecule has 3 N–H and O–H groups in total. The molecule has 4 fully saturated rings. The van der Waals surface area contributed by atoms with Gasteiger partial charge in [-0.25, -0.2) is 4.79 Å². The van der Waals surface area contributed by atoms with Crippen molar-refractivity contribution in [1.29, 1.82) is 0 Å². The fraction of sp³-hybridized carbons (Fsp3) is 0.875. The zero-order valence-corrected chi connectivity index (χ0v) is 13.4. The van der Waals surface area contributed by atoms with Crippen LogP contribution in [0.5, 0.6) is 0 Å². The first-order valence-corrected chi connectivity index (χ1v) is 8.85. The Morgan fingerprint density at radius 2 is 1.43 bits per heavy atom. The van der Waals surface area contributed by atoms with E-state index in [1.54, 1.807) is 0 Å². The average Bonchev–Trinajstić information content (AvgIpc) is 3.17. The van der Waals surface area contributed by atoms with Crippen molar-refractivity contribution < 1.29 is 4.79 Å². The molecule has 0 unspecified atom stereocenters. The van der Waals surface area contributed by atoms with E-state index in [1.807, 2.05) is 0 Å². The van der Waals surface area contributed by atoms with Gasteiger partial charge < -0.3 is 10.6 Å². The molecule has 4 aliphatic rings. The Labute approximate surface area is 131 Å². The van der Waals surface area contributed by atoms with Gasteiger partial charge in [0.1, 0.15) is 0 Å². The standard InChI is InChI=1S/C16H25N3OS/c17-13(20)18-14(21)19(15-5-1-11(9-15)2-6-15)16-7-3-12(10-16)4-8-16/h11-12H,1-10H2,(H3,17,18,20,21). The van der Waals surface area contributed by atoms with E-state index in [9.17, 15) is 4.79 Å². The summed E-state index contributed by atoms with van der Waals surface area (Å²) < 4.78 is 0. The van der Waals surface area contributed by atoms with Gasteiger partial charge in [-0.05, 0) is 88.3 Å². The Kier molecular flexibility index (Phi) is 3.01.